The molecule has 0 aliphatic carbocycles. The summed E-state index contributed by atoms with van der Waals surface area (Å²) in [5.41, 5.74) is 1.91. The van der Waals surface area contributed by atoms with E-state index in [1.807, 2.05) is 49.4 Å². The molecule has 0 fully saturated rings. The van der Waals surface area contributed by atoms with Crippen LogP contribution in [0.2, 0.25) is 0 Å². The van der Waals surface area contributed by atoms with Crippen LogP contribution in [0.25, 0.3) is 0 Å². The third-order valence-electron chi connectivity index (χ3n) is 3.59. The smallest absolute Gasteiger partial charge is 0.263 e. The fraction of sp³-hybridized carbons (Fsp3) is 0.211. The van der Waals surface area contributed by atoms with Crippen LogP contribution in [0.15, 0.2) is 54.9 Å². The van der Waals surface area contributed by atoms with Gasteiger partial charge in [-0.2, -0.15) is 0 Å². The Kier molecular flexibility index (Phi) is 5.74. The average Bonchev–Trinajstić information content (AvgIpc) is 3.15. The van der Waals surface area contributed by atoms with Crippen molar-refractivity contribution >= 4 is 17.2 Å². The molecule has 5 nitrogen and oxygen atoms in total. The summed E-state index contributed by atoms with van der Waals surface area (Å²) >= 11 is 1.42. The van der Waals surface area contributed by atoms with Gasteiger partial charge >= 0.3 is 0 Å². The standard InChI is InChI=1S/C19H19N3O2S/c1-2-17-21-12-16(25-17)18(23)22-11-15-9-6-10-20-19(15)24-13-14-7-4-3-5-8-14/h3-10,12H,2,11,13H2,1H3,(H,22,23). The Hall–Kier alpha value is -2.73. The number of amides is 1. The number of thiazole rings is 1. The second-order valence-corrected chi connectivity index (χ2v) is 6.51. The molecular weight excluding hydrogens is 334 g/mol. The molecule has 0 unspecified atom stereocenters. The molecule has 1 aromatic carbocycles. The summed E-state index contributed by atoms with van der Waals surface area (Å²) in [5, 5.41) is 3.86. The SMILES string of the molecule is CCc1ncc(C(=O)NCc2cccnc2OCc2ccccc2)s1. The number of aromatic nitrogens is 2. The van der Waals surface area contributed by atoms with Gasteiger partial charge in [-0.05, 0) is 18.1 Å². The highest BCUT2D eigenvalue weighted by atomic mass is 32.1. The minimum atomic E-state index is -0.130. The second-order valence-electron chi connectivity index (χ2n) is 5.40. The van der Waals surface area contributed by atoms with Crippen LogP contribution in [0, 0.1) is 0 Å². The lowest BCUT2D eigenvalue weighted by Gasteiger charge is -2.10. The summed E-state index contributed by atoms with van der Waals surface area (Å²) in [6.45, 7) is 2.82. The molecule has 1 amide bonds. The zero-order chi connectivity index (χ0) is 17.5. The predicted molar refractivity (Wildman–Crippen MR) is 97.7 cm³/mol. The van der Waals surface area contributed by atoms with Crippen molar-refractivity contribution in [1.82, 2.24) is 15.3 Å². The summed E-state index contributed by atoms with van der Waals surface area (Å²) in [4.78, 5) is 21.3. The molecule has 2 heterocycles. The molecule has 2 aromatic heterocycles. The molecule has 0 saturated heterocycles. The zero-order valence-electron chi connectivity index (χ0n) is 13.9. The van der Waals surface area contributed by atoms with Gasteiger partial charge in [0.1, 0.15) is 11.5 Å². The van der Waals surface area contributed by atoms with Gasteiger partial charge in [-0.1, -0.05) is 43.3 Å². The molecular formula is C19H19N3O2S. The summed E-state index contributed by atoms with van der Waals surface area (Å²) in [5.74, 6) is 0.403. The van der Waals surface area contributed by atoms with Crippen molar-refractivity contribution in [2.75, 3.05) is 0 Å². The molecule has 0 radical (unpaired) electrons. The minimum absolute atomic E-state index is 0.130. The predicted octanol–water partition coefficient (Wildman–Crippen LogP) is 3.61. The molecule has 0 bridgehead atoms. The van der Waals surface area contributed by atoms with E-state index in [4.69, 9.17) is 4.74 Å². The lowest BCUT2D eigenvalue weighted by atomic mass is 10.2. The summed E-state index contributed by atoms with van der Waals surface area (Å²) in [6.07, 6.45) is 4.13. The Bertz CT molecular complexity index is 833. The lowest BCUT2D eigenvalue weighted by molar-refractivity contribution is 0.0954. The molecule has 6 heteroatoms. The quantitative estimate of drug-likeness (QED) is 0.705. The number of ether oxygens (including phenoxy) is 1. The number of carbonyl (C=O) groups excluding carboxylic acids is 1. The average molecular weight is 353 g/mol. The van der Waals surface area contributed by atoms with E-state index in [-0.39, 0.29) is 5.91 Å². The normalized spacial score (nSPS) is 10.4. The van der Waals surface area contributed by atoms with Crippen molar-refractivity contribution in [3.8, 4) is 5.88 Å². The van der Waals surface area contributed by atoms with Gasteiger partial charge in [-0.3, -0.25) is 4.79 Å². The maximum atomic E-state index is 12.2. The fourth-order valence-corrected chi connectivity index (χ4v) is 3.03. The Balaban J connectivity index is 1.61. The van der Waals surface area contributed by atoms with Gasteiger partial charge in [0.2, 0.25) is 5.88 Å². The fourth-order valence-electron chi connectivity index (χ4n) is 2.26. The maximum Gasteiger partial charge on any atom is 0.263 e. The topological polar surface area (TPSA) is 64.1 Å². The number of pyridine rings is 1. The van der Waals surface area contributed by atoms with Gasteiger partial charge < -0.3 is 10.1 Å². The molecule has 0 aliphatic heterocycles. The molecule has 25 heavy (non-hydrogen) atoms. The minimum Gasteiger partial charge on any atom is -0.473 e. The van der Waals surface area contributed by atoms with E-state index in [0.29, 0.717) is 23.9 Å². The van der Waals surface area contributed by atoms with Gasteiger partial charge in [0.05, 0.1) is 11.2 Å². The molecule has 0 spiro atoms. The number of nitrogens with one attached hydrogen (secondary N) is 1. The number of benzene rings is 1. The molecule has 3 aromatic rings. The number of hydrogen-bond donors (Lipinski definition) is 1. The Labute approximate surface area is 150 Å². The van der Waals surface area contributed by atoms with Crippen LogP contribution in [0.1, 0.15) is 32.7 Å². The number of aryl methyl sites for hydroxylation is 1. The van der Waals surface area contributed by atoms with Crippen LogP contribution in [0.3, 0.4) is 0 Å². The third kappa shape index (κ3) is 4.64. The van der Waals surface area contributed by atoms with Gasteiger partial charge in [0, 0.05) is 18.3 Å². The first-order valence-corrected chi connectivity index (χ1v) is 8.91. The Morgan fingerprint density at radius 3 is 2.76 bits per heavy atom. The molecule has 0 saturated carbocycles. The van der Waals surface area contributed by atoms with E-state index in [1.54, 1.807) is 12.4 Å². The van der Waals surface area contributed by atoms with Gasteiger partial charge in [-0.15, -0.1) is 11.3 Å². The molecule has 128 valence electrons. The van der Waals surface area contributed by atoms with E-state index in [2.05, 4.69) is 15.3 Å². The van der Waals surface area contributed by atoms with E-state index < -0.39 is 0 Å². The van der Waals surface area contributed by atoms with Crippen LogP contribution in [-0.4, -0.2) is 15.9 Å². The van der Waals surface area contributed by atoms with Crippen molar-refractivity contribution in [2.45, 2.75) is 26.5 Å². The molecule has 0 atom stereocenters. The van der Waals surface area contributed by atoms with Gasteiger partial charge in [0.25, 0.3) is 5.91 Å². The van der Waals surface area contributed by atoms with Crippen LogP contribution >= 0.6 is 11.3 Å². The number of hydrogen-bond acceptors (Lipinski definition) is 5. The number of carbonyl (C=O) groups is 1. The van der Waals surface area contributed by atoms with Crippen molar-refractivity contribution in [2.24, 2.45) is 0 Å². The summed E-state index contributed by atoms with van der Waals surface area (Å²) in [7, 11) is 0. The summed E-state index contributed by atoms with van der Waals surface area (Å²) < 4.78 is 5.81. The van der Waals surface area contributed by atoms with Gasteiger partial charge in [0.15, 0.2) is 0 Å². The largest absolute Gasteiger partial charge is 0.473 e. The van der Waals surface area contributed by atoms with Crippen LogP contribution in [-0.2, 0) is 19.6 Å². The summed E-state index contributed by atoms with van der Waals surface area (Å²) in [6, 6.07) is 13.6. The Morgan fingerprint density at radius 1 is 1.16 bits per heavy atom. The molecule has 0 aliphatic rings. The second kappa shape index (κ2) is 8.39. The highest BCUT2D eigenvalue weighted by Gasteiger charge is 2.11. The van der Waals surface area contributed by atoms with Crippen molar-refractivity contribution in [3.05, 3.63) is 75.9 Å². The highest BCUT2D eigenvalue weighted by Crippen LogP contribution is 2.17. The van der Waals surface area contributed by atoms with E-state index in [0.717, 1.165) is 22.6 Å². The van der Waals surface area contributed by atoms with E-state index in [1.165, 1.54) is 11.3 Å². The van der Waals surface area contributed by atoms with E-state index in [9.17, 15) is 4.79 Å². The van der Waals surface area contributed by atoms with Crippen molar-refractivity contribution in [3.63, 3.8) is 0 Å². The van der Waals surface area contributed by atoms with E-state index >= 15 is 0 Å². The van der Waals surface area contributed by atoms with Crippen LogP contribution in [0.5, 0.6) is 5.88 Å². The zero-order valence-corrected chi connectivity index (χ0v) is 14.8. The maximum absolute atomic E-state index is 12.2. The lowest BCUT2D eigenvalue weighted by Crippen LogP contribution is -2.22. The van der Waals surface area contributed by atoms with Crippen LogP contribution < -0.4 is 10.1 Å². The van der Waals surface area contributed by atoms with Crippen LogP contribution in [0.4, 0.5) is 0 Å². The number of nitrogens with zero attached hydrogens (tertiary/aromatic N) is 2. The van der Waals surface area contributed by atoms with Gasteiger partial charge in [-0.25, -0.2) is 9.97 Å². The molecule has 1 N–H and O–H groups in total. The molecule has 3 rings (SSSR count). The van der Waals surface area contributed by atoms with Crippen molar-refractivity contribution < 1.29 is 9.53 Å². The Morgan fingerprint density at radius 2 is 2.00 bits per heavy atom. The first-order chi connectivity index (χ1) is 12.3. The third-order valence-corrected chi connectivity index (χ3v) is 4.73. The van der Waals surface area contributed by atoms with Crippen molar-refractivity contribution in [1.29, 1.82) is 0 Å². The first-order valence-electron chi connectivity index (χ1n) is 8.09. The number of rotatable bonds is 7. The first kappa shape index (κ1) is 17.1. The monoisotopic (exact) mass is 353 g/mol. The highest BCUT2D eigenvalue weighted by molar-refractivity contribution is 7.13.